The van der Waals surface area contributed by atoms with E-state index in [-0.39, 0.29) is 5.97 Å². The molecular formula is C13H26O3. The van der Waals surface area contributed by atoms with Gasteiger partial charge in [-0.3, -0.25) is 4.79 Å². The summed E-state index contributed by atoms with van der Waals surface area (Å²) in [6, 6.07) is 0. The fraction of sp³-hybridized carbons (Fsp3) is 0.923. The quantitative estimate of drug-likeness (QED) is 0.742. The van der Waals surface area contributed by atoms with Gasteiger partial charge in [-0.25, -0.2) is 0 Å². The molecule has 0 bridgehead atoms. The molecule has 0 aromatic rings. The van der Waals surface area contributed by atoms with Gasteiger partial charge in [0.2, 0.25) is 0 Å². The number of esters is 1. The molecule has 0 aromatic carbocycles. The van der Waals surface area contributed by atoms with Crippen LogP contribution in [0.2, 0.25) is 0 Å². The second-order valence-electron chi connectivity index (χ2n) is 5.27. The fourth-order valence-electron chi connectivity index (χ4n) is 2.63. The molecule has 1 N–H and O–H groups in total. The summed E-state index contributed by atoms with van der Waals surface area (Å²) in [4.78, 5) is 10.8. The average molecular weight is 230 g/mol. The molecule has 3 nitrogen and oxygen atoms in total. The van der Waals surface area contributed by atoms with Crippen LogP contribution in [0.15, 0.2) is 0 Å². The smallest absolute Gasteiger partial charge is 0.302 e. The van der Waals surface area contributed by atoms with Gasteiger partial charge in [0.1, 0.15) is 0 Å². The molecule has 0 saturated heterocycles. The number of hydrogen-bond donors (Lipinski definition) is 1. The number of ether oxygens (including phenoxy) is 1. The van der Waals surface area contributed by atoms with Gasteiger partial charge in [0, 0.05) is 20.0 Å². The Morgan fingerprint density at radius 1 is 1.44 bits per heavy atom. The fourth-order valence-corrected chi connectivity index (χ4v) is 2.63. The average Bonchev–Trinajstić information content (AvgIpc) is 2.18. The second-order valence-corrected chi connectivity index (χ2v) is 5.27. The number of carbonyl (C=O) groups is 1. The summed E-state index contributed by atoms with van der Waals surface area (Å²) >= 11 is 0. The lowest BCUT2D eigenvalue weighted by Crippen LogP contribution is -2.37. The lowest BCUT2D eigenvalue weighted by molar-refractivity contribution is -0.145. The maximum atomic E-state index is 10.8. The maximum Gasteiger partial charge on any atom is 0.302 e. The summed E-state index contributed by atoms with van der Waals surface area (Å²) in [5, 5.41) is 7.00. The van der Waals surface area contributed by atoms with Crippen molar-refractivity contribution in [3.8, 4) is 0 Å². The van der Waals surface area contributed by atoms with E-state index in [9.17, 15) is 4.79 Å². The Labute approximate surface area is 99.2 Å². The first-order valence-electron chi connectivity index (χ1n) is 6.01. The van der Waals surface area contributed by atoms with Crippen LogP contribution < -0.4 is 0 Å². The first-order chi connectivity index (χ1) is 7.43. The zero-order valence-electron chi connectivity index (χ0n) is 11.2. The van der Waals surface area contributed by atoms with Crippen molar-refractivity contribution in [2.45, 2.75) is 47.0 Å². The molecule has 16 heavy (non-hydrogen) atoms. The number of carbonyl (C=O) groups excluding carboxylic acids is 1. The third-order valence-electron chi connectivity index (χ3n) is 3.64. The molecule has 0 radical (unpaired) electrons. The van der Waals surface area contributed by atoms with E-state index >= 15 is 0 Å². The first kappa shape index (κ1) is 15.4. The molecule has 0 aliphatic heterocycles. The zero-order chi connectivity index (χ0) is 12.8. The number of aliphatic hydroxyl groups is 1. The van der Waals surface area contributed by atoms with Crippen molar-refractivity contribution in [3.05, 3.63) is 0 Å². The molecular weight excluding hydrogens is 204 g/mol. The summed E-state index contributed by atoms with van der Waals surface area (Å²) in [6.45, 7) is 8.94. The molecule has 3 heteroatoms. The monoisotopic (exact) mass is 230 g/mol. The largest absolute Gasteiger partial charge is 0.466 e. The Bertz CT molecular complexity index is 211. The minimum absolute atomic E-state index is 0.154. The number of aliphatic hydroxyl groups excluding tert-OH is 1. The summed E-state index contributed by atoms with van der Waals surface area (Å²) < 4.78 is 5.15. The minimum Gasteiger partial charge on any atom is -0.466 e. The van der Waals surface area contributed by atoms with E-state index < -0.39 is 0 Å². The van der Waals surface area contributed by atoms with Crippen LogP contribution in [0.5, 0.6) is 0 Å². The predicted molar refractivity (Wildman–Crippen MR) is 65.1 cm³/mol. The minimum atomic E-state index is -0.154. The molecule has 1 rings (SSSR count). The molecule has 1 aliphatic carbocycles. The third-order valence-corrected chi connectivity index (χ3v) is 3.64. The molecule has 0 heterocycles. The zero-order valence-corrected chi connectivity index (χ0v) is 11.2. The highest BCUT2D eigenvalue weighted by atomic mass is 16.5. The molecule has 2 unspecified atom stereocenters. The molecule has 96 valence electrons. The van der Waals surface area contributed by atoms with Crippen molar-refractivity contribution >= 4 is 5.97 Å². The van der Waals surface area contributed by atoms with Gasteiger partial charge in [-0.05, 0) is 17.8 Å². The van der Waals surface area contributed by atoms with Crippen molar-refractivity contribution < 1.29 is 14.6 Å². The summed E-state index contributed by atoms with van der Waals surface area (Å²) in [6.07, 6.45) is 3.84. The standard InChI is InChI=1S/C12H22O2.CH4O/c1-9-6-5-7-12(3,4)11(9)8-14-10(2)13;1-2/h9,11H,5-8H2,1-4H3;2H,1H3. The molecule has 0 spiro atoms. The first-order valence-corrected chi connectivity index (χ1v) is 6.01. The molecule has 1 fully saturated rings. The van der Waals surface area contributed by atoms with Crippen LogP contribution in [0.25, 0.3) is 0 Å². The van der Waals surface area contributed by atoms with Gasteiger partial charge >= 0.3 is 5.97 Å². The highest BCUT2D eigenvalue weighted by Gasteiger charge is 2.37. The van der Waals surface area contributed by atoms with Gasteiger partial charge in [0.25, 0.3) is 0 Å². The van der Waals surface area contributed by atoms with Crippen LogP contribution in [0.3, 0.4) is 0 Å². The van der Waals surface area contributed by atoms with Gasteiger partial charge in [-0.1, -0.05) is 33.6 Å². The van der Waals surface area contributed by atoms with Gasteiger partial charge in [-0.15, -0.1) is 0 Å². The van der Waals surface area contributed by atoms with Crippen LogP contribution in [0, 0.1) is 17.3 Å². The molecule has 1 aliphatic rings. The van der Waals surface area contributed by atoms with E-state index in [1.54, 1.807) is 0 Å². The molecule has 0 aromatic heterocycles. The van der Waals surface area contributed by atoms with Gasteiger partial charge < -0.3 is 9.84 Å². The van der Waals surface area contributed by atoms with Gasteiger partial charge in [0.15, 0.2) is 0 Å². The Balaban J connectivity index is 0.00000106. The van der Waals surface area contributed by atoms with E-state index in [1.807, 2.05) is 0 Å². The van der Waals surface area contributed by atoms with E-state index in [2.05, 4.69) is 20.8 Å². The number of hydrogen-bond acceptors (Lipinski definition) is 3. The van der Waals surface area contributed by atoms with Crippen molar-refractivity contribution in [2.75, 3.05) is 13.7 Å². The molecule has 1 saturated carbocycles. The Morgan fingerprint density at radius 3 is 2.44 bits per heavy atom. The van der Waals surface area contributed by atoms with Crippen LogP contribution in [0.1, 0.15) is 47.0 Å². The third kappa shape index (κ3) is 4.52. The summed E-state index contributed by atoms with van der Waals surface area (Å²) in [5.41, 5.74) is 0.327. The van der Waals surface area contributed by atoms with Crippen molar-refractivity contribution in [2.24, 2.45) is 17.3 Å². The number of rotatable bonds is 2. The van der Waals surface area contributed by atoms with E-state index in [0.717, 1.165) is 7.11 Å². The van der Waals surface area contributed by atoms with E-state index in [1.165, 1.54) is 26.2 Å². The van der Waals surface area contributed by atoms with Crippen LogP contribution in [-0.4, -0.2) is 24.8 Å². The lowest BCUT2D eigenvalue weighted by Gasteiger charge is -2.42. The van der Waals surface area contributed by atoms with Crippen molar-refractivity contribution in [3.63, 3.8) is 0 Å². The highest BCUT2D eigenvalue weighted by Crippen LogP contribution is 2.43. The van der Waals surface area contributed by atoms with E-state index in [4.69, 9.17) is 9.84 Å². The Morgan fingerprint density at radius 2 is 2.00 bits per heavy atom. The predicted octanol–water partition coefficient (Wildman–Crippen LogP) is 2.62. The van der Waals surface area contributed by atoms with E-state index in [0.29, 0.717) is 23.9 Å². The highest BCUT2D eigenvalue weighted by molar-refractivity contribution is 5.65. The van der Waals surface area contributed by atoms with Crippen LogP contribution in [0.4, 0.5) is 0 Å². The van der Waals surface area contributed by atoms with Gasteiger partial charge in [0.05, 0.1) is 6.61 Å². The summed E-state index contributed by atoms with van der Waals surface area (Å²) in [7, 11) is 1.00. The van der Waals surface area contributed by atoms with Crippen LogP contribution >= 0.6 is 0 Å². The molecule has 2 atom stereocenters. The topological polar surface area (TPSA) is 46.5 Å². The lowest BCUT2D eigenvalue weighted by atomic mass is 9.64. The normalized spacial score (nSPS) is 27.6. The maximum absolute atomic E-state index is 10.8. The second kappa shape index (κ2) is 6.89. The Kier molecular flexibility index (Phi) is 6.65. The Hall–Kier alpha value is -0.570. The van der Waals surface area contributed by atoms with Crippen molar-refractivity contribution in [1.29, 1.82) is 0 Å². The summed E-state index contributed by atoms with van der Waals surface area (Å²) in [5.74, 6) is 1.05. The van der Waals surface area contributed by atoms with Crippen LogP contribution in [-0.2, 0) is 9.53 Å². The SMILES string of the molecule is CC(=O)OCC1C(C)CCCC1(C)C.CO. The van der Waals surface area contributed by atoms with Crippen molar-refractivity contribution in [1.82, 2.24) is 0 Å². The van der Waals surface area contributed by atoms with Gasteiger partial charge in [-0.2, -0.15) is 0 Å². The molecule has 0 amide bonds.